The molecule has 0 saturated carbocycles. The Balaban J connectivity index is 2.11. The van der Waals surface area contributed by atoms with E-state index in [1.165, 1.54) is 0 Å². The van der Waals surface area contributed by atoms with Crippen LogP contribution in [0.25, 0.3) is 0 Å². The summed E-state index contributed by atoms with van der Waals surface area (Å²) < 4.78 is 11.5. The Kier molecular flexibility index (Phi) is 2.98. The number of carbonyl (C=O) groups excluding carboxylic acids is 1. The third-order valence-electron chi connectivity index (χ3n) is 4.26. The molecule has 1 aliphatic heterocycles. The van der Waals surface area contributed by atoms with E-state index in [-0.39, 0.29) is 29.1 Å². The molecule has 0 unspecified atom stereocenters. The molecule has 2 rings (SSSR count). The van der Waals surface area contributed by atoms with Crippen LogP contribution in [0, 0.1) is 5.92 Å². The minimum atomic E-state index is -1.90. The van der Waals surface area contributed by atoms with Gasteiger partial charge in [-0.05, 0) is 30.6 Å². The third-order valence-corrected chi connectivity index (χ3v) is 8.71. The van der Waals surface area contributed by atoms with Gasteiger partial charge >= 0.3 is 5.97 Å². The van der Waals surface area contributed by atoms with Crippen LogP contribution in [-0.2, 0) is 14.0 Å². The van der Waals surface area contributed by atoms with Crippen LogP contribution in [0.5, 0.6) is 0 Å². The lowest BCUT2D eigenvalue weighted by Crippen LogP contribution is -2.46. The number of hydrogen-bond acceptors (Lipinski definition) is 3. The van der Waals surface area contributed by atoms with Gasteiger partial charge in [-0.25, -0.2) is 4.79 Å². The van der Waals surface area contributed by atoms with E-state index in [0.29, 0.717) is 0 Å². The van der Waals surface area contributed by atoms with E-state index in [0.717, 1.165) is 6.42 Å². The van der Waals surface area contributed by atoms with Crippen molar-refractivity contribution in [2.75, 3.05) is 0 Å². The van der Waals surface area contributed by atoms with Gasteiger partial charge in [0.1, 0.15) is 6.10 Å². The fourth-order valence-electron chi connectivity index (χ4n) is 2.07. The van der Waals surface area contributed by atoms with E-state index < -0.39 is 8.32 Å². The molecule has 1 heterocycles. The number of ether oxygens (including phenoxy) is 1. The van der Waals surface area contributed by atoms with E-state index in [1.807, 2.05) is 6.08 Å². The Hall–Kier alpha value is -0.613. The molecule has 4 heteroatoms. The van der Waals surface area contributed by atoms with Gasteiger partial charge in [0.15, 0.2) is 14.4 Å². The van der Waals surface area contributed by atoms with Crippen molar-refractivity contribution in [1.29, 1.82) is 0 Å². The Labute approximate surface area is 104 Å². The molecule has 96 valence electrons. The van der Waals surface area contributed by atoms with Crippen molar-refractivity contribution in [2.45, 2.75) is 57.5 Å². The fraction of sp³-hybridized carbons (Fsp3) is 0.769. The maximum absolute atomic E-state index is 11.8. The van der Waals surface area contributed by atoms with Crippen molar-refractivity contribution >= 4 is 14.3 Å². The predicted octanol–water partition coefficient (Wildman–Crippen LogP) is 2.88. The molecule has 0 aromatic rings. The first-order valence-electron chi connectivity index (χ1n) is 6.27. The molecule has 0 radical (unpaired) electrons. The molecule has 2 aliphatic rings. The summed E-state index contributed by atoms with van der Waals surface area (Å²) in [6, 6.07) is 0. The van der Waals surface area contributed by atoms with E-state index in [4.69, 9.17) is 9.16 Å². The van der Waals surface area contributed by atoms with E-state index in [1.54, 1.807) is 0 Å². The number of allylic oxidation sites excluding steroid dienone is 1. The summed E-state index contributed by atoms with van der Waals surface area (Å²) in [5.41, 5.74) is 0. The molecule has 1 saturated heterocycles. The first kappa shape index (κ1) is 12.8. The second-order valence-electron chi connectivity index (χ2n) is 6.53. The topological polar surface area (TPSA) is 35.5 Å². The number of esters is 1. The molecule has 1 aliphatic carbocycles. The van der Waals surface area contributed by atoms with Crippen LogP contribution in [0.4, 0.5) is 0 Å². The average Bonchev–Trinajstić information content (AvgIpc) is 2.68. The van der Waals surface area contributed by atoms with Gasteiger partial charge in [0, 0.05) is 5.92 Å². The normalized spacial score (nSPS) is 32.8. The summed E-state index contributed by atoms with van der Waals surface area (Å²) in [5.74, 6) is 0.0331. The highest BCUT2D eigenvalue weighted by atomic mass is 28.4. The van der Waals surface area contributed by atoms with Crippen molar-refractivity contribution < 1.29 is 14.0 Å². The van der Waals surface area contributed by atoms with Gasteiger partial charge in [0.25, 0.3) is 0 Å². The Morgan fingerprint density at radius 2 is 2.06 bits per heavy atom. The predicted molar refractivity (Wildman–Crippen MR) is 69.2 cm³/mol. The second-order valence-corrected chi connectivity index (χ2v) is 11.3. The minimum absolute atomic E-state index is 0.0442. The largest absolute Gasteiger partial charge is 0.456 e. The van der Waals surface area contributed by atoms with Gasteiger partial charge in [-0.1, -0.05) is 26.8 Å². The zero-order chi connectivity index (χ0) is 12.8. The summed E-state index contributed by atoms with van der Waals surface area (Å²) in [6.07, 6.45) is 4.57. The summed E-state index contributed by atoms with van der Waals surface area (Å²) in [7, 11) is -1.90. The molecule has 0 aromatic carbocycles. The molecule has 17 heavy (non-hydrogen) atoms. The highest BCUT2D eigenvalue weighted by molar-refractivity contribution is 6.74. The lowest BCUT2D eigenvalue weighted by Gasteiger charge is -2.38. The van der Waals surface area contributed by atoms with Gasteiger partial charge in [-0.2, -0.15) is 0 Å². The molecule has 0 N–H and O–H groups in total. The highest BCUT2D eigenvalue weighted by Gasteiger charge is 2.50. The van der Waals surface area contributed by atoms with Crippen molar-refractivity contribution in [3.63, 3.8) is 0 Å². The molecule has 1 fully saturated rings. The van der Waals surface area contributed by atoms with Crippen LogP contribution in [0.2, 0.25) is 18.1 Å². The maximum Gasteiger partial charge on any atom is 0.335 e. The van der Waals surface area contributed by atoms with Crippen molar-refractivity contribution in [3.05, 3.63) is 12.2 Å². The van der Waals surface area contributed by atoms with Crippen LogP contribution in [-0.4, -0.2) is 26.5 Å². The van der Waals surface area contributed by atoms with Gasteiger partial charge in [-0.3, -0.25) is 0 Å². The van der Waals surface area contributed by atoms with Crippen LogP contribution in [0.15, 0.2) is 12.2 Å². The lowest BCUT2D eigenvalue weighted by atomic mass is 10.0. The van der Waals surface area contributed by atoms with Crippen LogP contribution in [0.3, 0.4) is 0 Å². The molecular formula is C13H22O3Si. The number of hydrogen-bond donors (Lipinski definition) is 0. The molecular weight excluding hydrogens is 232 g/mol. The van der Waals surface area contributed by atoms with Crippen LogP contribution < -0.4 is 0 Å². The zero-order valence-electron chi connectivity index (χ0n) is 11.3. The number of rotatable bonds is 2. The minimum Gasteiger partial charge on any atom is -0.456 e. The summed E-state index contributed by atoms with van der Waals surface area (Å²) >= 11 is 0. The fourth-order valence-corrected chi connectivity index (χ4v) is 3.33. The second kappa shape index (κ2) is 3.95. The highest BCUT2D eigenvalue weighted by Crippen LogP contribution is 2.41. The van der Waals surface area contributed by atoms with Gasteiger partial charge in [0.05, 0.1) is 0 Å². The van der Waals surface area contributed by atoms with Gasteiger partial charge in [-0.15, -0.1) is 0 Å². The van der Waals surface area contributed by atoms with E-state index in [9.17, 15) is 4.79 Å². The molecule has 3 atom stereocenters. The molecule has 0 amide bonds. The first-order chi connectivity index (χ1) is 7.72. The van der Waals surface area contributed by atoms with Crippen molar-refractivity contribution in [3.8, 4) is 0 Å². The summed E-state index contributed by atoms with van der Waals surface area (Å²) in [4.78, 5) is 11.8. The summed E-state index contributed by atoms with van der Waals surface area (Å²) in [6.45, 7) is 10.9. The Bertz CT molecular complexity index is 354. The standard InChI is InChI=1S/C13H22O3Si/c1-13(2,3)17(4,5)16-11-9-7-6-8-10(9)15-12(11)14/h6,8-11H,7H2,1-5H3/t9-,10+,11-/m1/s1. The van der Waals surface area contributed by atoms with E-state index in [2.05, 4.69) is 39.9 Å². The van der Waals surface area contributed by atoms with Crippen LogP contribution in [0.1, 0.15) is 27.2 Å². The molecule has 0 aromatic heterocycles. The Morgan fingerprint density at radius 1 is 1.41 bits per heavy atom. The molecule has 0 spiro atoms. The Morgan fingerprint density at radius 3 is 2.65 bits per heavy atom. The average molecular weight is 254 g/mol. The van der Waals surface area contributed by atoms with Crippen molar-refractivity contribution in [2.24, 2.45) is 5.92 Å². The van der Waals surface area contributed by atoms with Gasteiger partial charge < -0.3 is 9.16 Å². The first-order valence-corrected chi connectivity index (χ1v) is 9.18. The maximum atomic E-state index is 11.8. The summed E-state index contributed by atoms with van der Waals surface area (Å²) in [5, 5.41) is 0.122. The quantitative estimate of drug-likeness (QED) is 0.432. The van der Waals surface area contributed by atoms with Crippen LogP contribution >= 0.6 is 0 Å². The third kappa shape index (κ3) is 2.20. The van der Waals surface area contributed by atoms with E-state index >= 15 is 0 Å². The monoisotopic (exact) mass is 254 g/mol. The molecule has 0 bridgehead atoms. The lowest BCUT2D eigenvalue weighted by molar-refractivity contribution is -0.145. The molecule has 3 nitrogen and oxygen atoms in total. The van der Waals surface area contributed by atoms with Gasteiger partial charge in [0.2, 0.25) is 0 Å². The zero-order valence-corrected chi connectivity index (χ0v) is 12.3. The smallest absolute Gasteiger partial charge is 0.335 e. The SMILES string of the molecule is CC(C)(C)[Si](C)(C)O[C@H]1C(=O)O[C@H]2C=CC[C@H]21. The number of fused-ring (bicyclic) bond motifs is 1. The number of carbonyl (C=O) groups is 1. The van der Waals surface area contributed by atoms with Crippen molar-refractivity contribution in [1.82, 2.24) is 0 Å².